The Hall–Kier alpha value is -1.62. The van der Waals surface area contributed by atoms with Gasteiger partial charge in [-0.05, 0) is 32.0 Å². The summed E-state index contributed by atoms with van der Waals surface area (Å²) in [6.07, 6.45) is 3.01. The van der Waals surface area contributed by atoms with Crippen LogP contribution in [-0.2, 0) is 0 Å². The number of aromatic nitrogens is 3. The van der Waals surface area contributed by atoms with Gasteiger partial charge in [0.15, 0.2) is 5.65 Å². The van der Waals surface area contributed by atoms with E-state index in [0.29, 0.717) is 5.95 Å². The fourth-order valence-corrected chi connectivity index (χ4v) is 2.08. The van der Waals surface area contributed by atoms with Gasteiger partial charge in [0.05, 0.1) is 5.54 Å². The molecule has 0 spiro atoms. The number of fused-ring (bicyclic) bond motifs is 1. The molecule has 0 amide bonds. The number of anilines is 1. The molecule has 3 rings (SSSR count). The molecule has 3 heterocycles. The number of nitrogens with zero attached hydrogens (tertiary/aromatic N) is 3. The normalized spacial score (nSPS) is 25.1. The van der Waals surface area contributed by atoms with Crippen molar-refractivity contribution in [2.45, 2.75) is 18.9 Å². The first-order valence-electron chi connectivity index (χ1n) is 5.56. The predicted octanol–water partition coefficient (Wildman–Crippen LogP) is 0.893. The van der Waals surface area contributed by atoms with Gasteiger partial charge in [0.1, 0.15) is 0 Å². The first kappa shape index (κ1) is 9.59. The standard InChI is InChI=1S/C11H15N5/c1-11(5-6-12-8-11)14-10-13-9-4-2-3-7-16(9)15-10/h2-4,7,12H,5-6,8H2,1H3,(H,14,15). The van der Waals surface area contributed by atoms with Crippen molar-refractivity contribution in [2.24, 2.45) is 0 Å². The zero-order valence-corrected chi connectivity index (χ0v) is 9.27. The number of pyridine rings is 1. The van der Waals surface area contributed by atoms with Crippen LogP contribution >= 0.6 is 0 Å². The SMILES string of the molecule is CC1(Nc2nc3ccccn3n2)CCNC1. The van der Waals surface area contributed by atoms with Crippen LogP contribution in [0.25, 0.3) is 5.65 Å². The van der Waals surface area contributed by atoms with Crippen LogP contribution < -0.4 is 10.6 Å². The van der Waals surface area contributed by atoms with Gasteiger partial charge in [-0.1, -0.05) is 6.07 Å². The van der Waals surface area contributed by atoms with Gasteiger partial charge in [-0.3, -0.25) is 0 Å². The first-order valence-corrected chi connectivity index (χ1v) is 5.56. The molecule has 2 aromatic rings. The minimum Gasteiger partial charge on any atom is -0.346 e. The summed E-state index contributed by atoms with van der Waals surface area (Å²) in [6.45, 7) is 4.21. The molecule has 16 heavy (non-hydrogen) atoms. The van der Waals surface area contributed by atoms with Gasteiger partial charge in [-0.25, -0.2) is 4.52 Å². The summed E-state index contributed by atoms with van der Waals surface area (Å²) in [6, 6.07) is 5.87. The fourth-order valence-electron chi connectivity index (χ4n) is 2.08. The highest BCUT2D eigenvalue weighted by Gasteiger charge is 2.29. The largest absolute Gasteiger partial charge is 0.346 e. The van der Waals surface area contributed by atoms with Gasteiger partial charge in [0, 0.05) is 12.7 Å². The molecule has 1 atom stereocenters. The lowest BCUT2D eigenvalue weighted by Gasteiger charge is -2.23. The highest BCUT2D eigenvalue weighted by atomic mass is 15.4. The van der Waals surface area contributed by atoms with Crippen molar-refractivity contribution in [2.75, 3.05) is 18.4 Å². The molecule has 1 unspecified atom stereocenters. The van der Waals surface area contributed by atoms with E-state index < -0.39 is 0 Å². The molecule has 0 radical (unpaired) electrons. The van der Waals surface area contributed by atoms with E-state index in [4.69, 9.17) is 0 Å². The van der Waals surface area contributed by atoms with Crippen LogP contribution in [0.4, 0.5) is 5.95 Å². The number of hydrogen-bond acceptors (Lipinski definition) is 4. The Bertz CT molecular complexity index is 465. The van der Waals surface area contributed by atoms with Crippen LogP contribution in [0, 0.1) is 0 Å². The van der Waals surface area contributed by atoms with E-state index in [9.17, 15) is 0 Å². The fraction of sp³-hybridized carbons (Fsp3) is 0.455. The molecular formula is C11H15N5. The van der Waals surface area contributed by atoms with Crippen molar-refractivity contribution < 1.29 is 0 Å². The van der Waals surface area contributed by atoms with E-state index in [1.54, 1.807) is 4.52 Å². The van der Waals surface area contributed by atoms with Crippen LogP contribution in [0.1, 0.15) is 13.3 Å². The first-order chi connectivity index (χ1) is 7.75. The Morgan fingerprint density at radius 1 is 1.50 bits per heavy atom. The smallest absolute Gasteiger partial charge is 0.243 e. The molecule has 5 nitrogen and oxygen atoms in total. The second kappa shape index (κ2) is 3.45. The van der Waals surface area contributed by atoms with E-state index in [-0.39, 0.29) is 5.54 Å². The molecule has 5 heteroatoms. The van der Waals surface area contributed by atoms with Crippen molar-refractivity contribution >= 4 is 11.6 Å². The van der Waals surface area contributed by atoms with Crippen molar-refractivity contribution in [3.8, 4) is 0 Å². The van der Waals surface area contributed by atoms with E-state index in [1.165, 1.54) is 0 Å². The van der Waals surface area contributed by atoms with Gasteiger partial charge in [-0.2, -0.15) is 4.98 Å². The molecule has 1 saturated heterocycles. The maximum Gasteiger partial charge on any atom is 0.243 e. The molecular weight excluding hydrogens is 202 g/mol. The molecule has 0 aliphatic carbocycles. The van der Waals surface area contributed by atoms with E-state index in [1.807, 2.05) is 24.4 Å². The number of nitrogens with one attached hydrogen (secondary N) is 2. The summed E-state index contributed by atoms with van der Waals surface area (Å²) in [5, 5.41) is 11.1. The van der Waals surface area contributed by atoms with Crippen molar-refractivity contribution in [3.63, 3.8) is 0 Å². The molecule has 2 aromatic heterocycles. The summed E-state index contributed by atoms with van der Waals surface area (Å²) in [4.78, 5) is 4.43. The Morgan fingerprint density at radius 3 is 3.19 bits per heavy atom. The molecule has 1 fully saturated rings. The Balaban J connectivity index is 1.89. The zero-order chi connectivity index (χ0) is 11.0. The monoisotopic (exact) mass is 217 g/mol. The lowest BCUT2D eigenvalue weighted by atomic mass is 10.0. The number of hydrogen-bond donors (Lipinski definition) is 2. The topological polar surface area (TPSA) is 54.2 Å². The summed E-state index contributed by atoms with van der Waals surface area (Å²) < 4.78 is 1.79. The average molecular weight is 217 g/mol. The van der Waals surface area contributed by atoms with Gasteiger partial charge in [-0.15, -0.1) is 5.10 Å². The van der Waals surface area contributed by atoms with Gasteiger partial charge in [0.25, 0.3) is 0 Å². The highest BCUT2D eigenvalue weighted by molar-refractivity contribution is 5.44. The molecule has 2 N–H and O–H groups in total. The molecule has 0 bridgehead atoms. The summed E-state index contributed by atoms with van der Waals surface area (Å²) in [5.74, 6) is 0.706. The third kappa shape index (κ3) is 1.63. The third-order valence-electron chi connectivity index (χ3n) is 3.02. The molecule has 1 aliphatic heterocycles. The molecule has 0 aromatic carbocycles. The summed E-state index contributed by atoms with van der Waals surface area (Å²) in [7, 11) is 0. The van der Waals surface area contributed by atoms with Crippen LogP contribution in [0.3, 0.4) is 0 Å². The van der Waals surface area contributed by atoms with Crippen LogP contribution in [0.5, 0.6) is 0 Å². The van der Waals surface area contributed by atoms with Gasteiger partial charge >= 0.3 is 0 Å². The Labute approximate surface area is 93.9 Å². The summed E-state index contributed by atoms with van der Waals surface area (Å²) >= 11 is 0. The second-order valence-electron chi connectivity index (χ2n) is 4.55. The Morgan fingerprint density at radius 2 is 2.44 bits per heavy atom. The quantitative estimate of drug-likeness (QED) is 0.784. The van der Waals surface area contributed by atoms with Gasteiger partial charge in [0.2, 0.25) is 5.95 Å². The zero-order valence-electron chi connectivity index (χ0n) is 9.27. The maximum absolute atomic E-state index is 4.43. The highest BCUT2D eigenvalue weighted by Crippen LogP contribution is 2.18. The lowest BCUT2D eigenvalue weighted by Crippen LogP contribution is -2.37. The lowest BCUT2D eigenvalue weighted by molar-refractivity contribution is 0.561. The van der Waals surface area contributed by atoms with Crippen molar-refractivity contribution in [1.82, 2.24) is 19.9 Å². The van der Waals surface area contributed by atoms with Gasteiger partial charge < -0.3 is 10.6 Å². The minimum absolute atomic E-state index is 0.0743. The van der Waals surface area contributed by atoms with Crippen molar-refractivity contribution in [1.29, 1.82) is 0 Å². The van der Waals surface area contributed by atoms with Crippen LogP contribution in [0.15, 0.2) is 24.4 Å². The molecule has 0 saturated carbocycles. The molecule has 84 valence electrons. The van der Waals surface area contributed by atoms with Crippen LogP contribution in [-0.4, -0.2) is 33.2 Å². The van der Waals surface area contributed by atoms with E-state index in [0.717, 1.165) is 25.2 Å². The maximum atomic E-state index is 4.43. The molecule has 1 aliphatic rings. The van der Waals surface area contributed by atoms with E-state index in [2.05, 4.69) is 27.6 Å². The predicted molar refractivity (Wildman–Crippen MR) is 62.5 cm³/mol. The van der Waals surface area contributed by atoms with Crippen molar-refractivity contribution in [3.05, 3.63) is 24.4 Å². The third-order valence-corrected chi connectivity index (χ3v) is 3.02. The second-order valence-corrected chi connectivity index (χ2v) is 4.55. The summed E-state index contributed by atoms with van der Waals surface area (Å²) in [5.41, 5.74) is 0.949. The van der Waals surface area contributed by atoms with Crippen LogP contribution in [0.2, 0.25) is 0 Å². The Kier molecular flexibility index (Phi) is 2.07. The number of rotatable bonds is 2. The minimum atomic E-state index is 0.0743. The average Bonchev–Trinajstić information content (AvgIpc) is 2.84. The van der Waals surface area contributed by atoms with E-state index >= 15 is 0 Å².